The summed E-state index contributed by atoms with van der Waals surface area (Å²) in [4.78, 5) is 12.2. The van der Waals surface area contributed by atoms with Crippen LogP contribution in [-0.4, -0.2) is 11.9 Å². The van der Waals surface area contributed by atoms with Crippen LogP contribution in [0.1, 0.15) is 42.7 Å². The van der Waals surface area contributed by atoms with Crippen molar-refractivity contribution in [3.05, 3.63) is 70.7 Å². The lowest BCUT2D eigenvalue weighted by Gasteiger charge is -2.29. The zero-order valence-corrected chi connectivity index (χ0v) is 13.9. The molecule has 2 nitrogen and oxygen atoms in total. The molecule has 0 heterocycles. The van der Waals surface area contributed by atoms with E-state index in [9.17, 15) is 4.79 Å². The summed E-state index contributed by atoms with van der Waals surface area (Å²) in [5, 5.41) is 3.83. The normalized spacial score (nSPS) is 20.9. The minimum Gasteiger partial charge on any atom is -0.353 e. The lowest BCUT2D eigenvalue weighted by Crippen LogP contribution is -2.38. The molecule has 0 spiro atoms. The summed E-state index contributed by atoms with van der Waals surface area (Å²) >= 11 is 6.12. The van der Waals surface area contributed by atoms with Crippen LogP contribution in [0.25, 0.3) is 0 Å². The van der Waals surface area contributed by atoms with Gasteiger partial charge in [-0.15, -0.1) is 0 Å². The van der Waals surface area contributed by atoms with Gasteiger partial charge in [-0.1, -0.05) is 60.1 Å². The molecule has 0 radical (unpaired) electrons. The summed E-state index contributed by atoms with van der Waals surface area (Å²) in [6.45, 7) is 0. The van der Waals surface area contributed by atoms with Gasteiger partial charge in [0.15, 0.2) is 0 Å². The van der Waals surface area contributed by atoms with Crippen molar-refractivity contribution in [3.63, 3.8) is 0 Å². The molecule has 2 aromatic carbocycles. The van der Waals surface area contributed by atoms with E-state index < -0.39 is 0 Å². The van der Waals surface area contributed by atoms with Crippen molar-refractivity contribution in [2.24, 2.45) is 0 Å². The first-order valence-corrected chi connectivity index (χ1v) is 8.68. The van der Waals surface area contributed by atoms with Crippen LogP contribution < -0.4 is 5.32 Å². The Bertz CT molecular complexity index is 648. The molecule has 1 fully saturated rings. The second-order valence-electron chi connectivity index (χ2n) is 6.29. The number of carbonyl (C=O) groups is 1. The molecular weight excluding hydrogens is 306 g/mol. The Morgan fingerprint density at radius 1 is 0.957 bits per heavy atom. The van der Waals surface area contributed by atoms with E-state index in [0.717, 1.165) is 31.2 Å². The molecule has 120 valence electrons. The molecule has 1 aliphatic rings. The highest BCUT2D eigenvalue weighted by molar-refractivity contribution is 6.31. The van der Waals surface area contributed by atoms with E-state index in [2.05, 4.69) is 35.6 Å². The number of benzene rings is 2. The molecular formula is C20H22ClNO. The van der Waals surface area contributed by atoms with E-state index in [1.807, 2.05) is 24.3 Å². The average molecular weight is 328 g/mol. The van der Waals surface area contributed by atoms with Crippen LogP contribution in [0.15, 0.2) is 54.6 Å². The molecule has 3 rings (SSSR count). The summed E-state index contributed by atoms with van der Waals surface area (Å²) in [5.74, 6) is 0.703. The Morgan fingerprint density at radius 3 is 2.30 bits per heavy atom. The van der Waals surface area contributed by atoms with Crippen molar-refractivity contribution in [1.82, 2.24) is 5.32 Å². The monoisotopic (exact) mass is 327 g/mol. The summed E-state index contributed by atoms with van der Waals surface area (Å²) in [5.41, 5.74) is 2.32. The lowest BCUT2D eigenvalue weighted by atomic mass is 9.82. The smallest absolute Gasteiger partial charge is 0.224 e. The molecule has 1 aliphatic carbocycles. The second kappa shape index (κ2) is 7.65. The van der Waals surface area contributed by atoms with Gasteiger partial charge in [0.1, 0.15) is 0 Å². The highest BCUT2D eigenvalue weighted by Gasteiger charge is 2.23. The fraction of sp³-hybridized carbons (Fsp3) is 0.350. The van der Waals surface area contributed by atoms with E-state index >= 15 is 0 Å². The third kappa shape index (κ3) is 4.35. The van der Waals surface area contributed by atoms with Crippen molar-refractivity contribution in [2.45, 2.75) is 44.1 Å². The Labute approximate surface area is 142 Å². The predicted octanol–water partition coefficient (Wildman–Crippen LogP) is 4.73. The summed E-state index contributed by atoms with van der Waals surface area (Å²) in [6.07, 6.45) is 4.74. The molecule has 0 aromatic heterocycles. The molecule has 0 bridgehead atoms. The van der Waals surface area contributed by atoms with Gasteiger partial charge in [0.25, 0.3) is 0 Å². The van der Waals surface area contributed by atoms with Gasteiger partial charge in [-0.05, 0) is 48.8 Å². The summed E-state index contributed by atoms with van der Waals surface area (Å²) < 4.78 is 0. The molecule has 23 heavy (non-hydrogen) atoms. The van der Waals surface area contributed by atoms with Gasteiger partial charge < -0.3 is 5.32 Å². The van der Waals surface area contributed by atoms with Crippen LogP contribution >= 0.6 is 11.6 Å². The maximum Gasteiger partial charge on any atom is 0.224 e. The third-order valence-corrected chi connectivity index (χ3v) is 5.04. The summed E-state index contributed by atoms with van der Waals surface area (Å²) in [6, 6.07) is 18.5. The topological polar surface area (TPSA) is 29.1 Å². The highest BCUT2D eigenvalue weighted by atomic mass is 35.5. The van der Waals surface area contributed by atoms with Crippen LogP contribution in [0.2, 0.25) is 5.02 Å². The predicted molar refractivity (Wildman–Crippen MR) is 94.7 cm³/mol. The minimum atomic E-state index is 0.0706. The van der Waals surface area contributed by atoms with Gasteiger partial charge in [0, 0.05) is 11.1 Å². The molecule has 2 aromatic rings. The van der Waals surface area contributed by atoms with Crippen LogP contribution in [-0.2, 0) is 11.2 Å². The van der Waals surface area contributed by atoms with Crippen molar-refractivity contribution >= 4 is 17.5 Å². The maximum atomic E-state index is 12.2. The standard InChI is InChI=1S/C20H22ClNO/c21-19-9-5-4-8-17(19)14-20(23)22-18-12-10-16(11-13-18)15-6-2-1-3-7-15/h1-9,16,18H,10-14H2,(H,22,23). The Hall–Kier alpha value is -1.80. The molecule has 1 saturated carbocycles. The zero-order valence-electron chi connectivity index (χ0n) is 13.2. The number of nitrogens with one attached hydrogen (secondary N) is 1. The quantitative estimate of drug-likeness (QED) is 0.864. The number of halogens is 1. The second-order valence-corrected chi connectivity index (χ2v) is 6.70. The van der Waals surface area contributed by atoms with E-state index in [1.165, 1.54) is 5.56 Å². The fourth-order valence-corrected chi connectivity index (χ4v) is 3.59. The Kier molecular flexibility index (Phi) is 5.35. The first kappa shape index (κ1) is 16.1. The molecule has 1 N–H and O–H groups in total. The SMILES string of the molecule is O=C(Cc1ccccc1Cl)NC1CCC(c2ccccc2)CC1. The van der Waals surface area contributed by atoms with Gasteiger partial charge in [-0.25, -0.2) is 0 Å². The van der Waals surface area contributed by atoms with Crippen molar-refractivity contribution in [1.29, 1.82) is 0 Å². The Balaban J connectivity index is 1.49. The number of hydrogen-bond donors (Lipinski definition) is 1. The van der Waals surface area contributed by atoms with Crippen LogP contribution in [0, 0.1) is 0 Å². The number of rotatable bonds is 4. The molecule has 1 amide bonds. The zero-order chi connectivity index (χ0) is 16.1. The van der Waals surface area contributed by atoms with Crippen molar-refractivity contribution < 1.29 is 4.79 Å². The van der Waals surface area contributed by atoms with Crippen LogP contribution in [0.3, 0.4) is 0 Å². The van der Waals surface area contributed by atoms with Crippen LogP contribution in [0.5, 0.6) is 0 Å². The van der Waals surface area contributed by atoms with Crippen molar-refractivity contribution in [2.75, 3.05) is 0 Å². The van der Waals surface area contributed by atoms with E-state index in [4.69, 9.17) is 11.6 Å². The average Bonchev–Trinajstić information content (AvgIpc) is 2.58. The van der Waals surface area contributed by atoms with E-state index in [0.29, 0.717) is 23.4 Å². The number of carbonyl (C=O) groups excluding carboxylic acids is 1. The number of amides is 1. The Morgan fingerprint density at radius 2 is 1.61 bits per heavy atom. The van der Waals surface area contributed by atoms with Gasteiger partial charge in [0.2, 0.25) is 5.91 Å². The van der Waals surface area contributed by atoms with Crippen molar-refractivity contribution in [3.8, 4) is 0 Å². The molecule has 0 unspecified atom stereocenters. The third-order valence-electron chi connectivity index (χ3n) is 4.67. The van der Waals surface area contributed by atoms with E-state index in [1.54, 1.807) is 0 Å². The van der Waals surface area contributed by atoms with Crippen LogP contribution in [0.4, 0.5) is 0 Å². The lowest BCUT2D eigenvalue weighted by molar-refractivity contribution is -0.121. The fourth-order valence-electron chi connectivity index (χ4n) is 3.39. The first-order valence-electron chi connectivity index (χ1n) is 8.30. The highest BCUT2D eigenvalue weighted by Crippen LogP contribution is 2.32. The molecule has 0 aliphatic heterocycles. The van der Waals surface area contributed by atoms with Gasteiger partial charge >= 0.3 is 0 Å². The largest absolute Gasteiger partial charge is 0.353 e. The van der Waals surface area contributed by atoms with E-state index in [-0.39, 0.29) is 5.91 Å². The number of hydrogen-bond acceptors (Lipinski definition) is 1. The first-order chi connectivity index (χ1) is 11.2. The van der Waals surface area contributed by atoms with Gasteiger partial charge in [-0.2, -0.15) is 0 Å². The maximum absolute atomic E-state index is 12.2. The van der Waals surface area contributed by atoms with Gasteiger partial charge in [-0.3, -0.25) is 4.79 Å². The minimum absolute atomic E-state index is 0.0706. The molecule has 3 heteroatoms. The summed E-state index contributed by atoms with van der Waals surface area (Å²) in [7, 11) is 0. The van der Waals surface area contributed by atoms with Gasteiger partial charge in [0.05, 0.1) is 6.42 Å². The molecule has 0 atom stereocenters. The molecule has 0 saturated heterocycles.